The Kier molecular flexibility index (Phi) is 8.94. The van der Waals surface area contributed by atoms with Gasteiger partial charge in [0.05, 0.1) is 17.2 Å². The van der Waals surface area contributed by atoms with Gasteiger partial charge in [-0.25, -0.2) is 9.97 Å². The van der Waals surface area contributed by atoms with E-state index >= 15 is 0 Å². The number of hydrogen-bond donors (Lipinski definition) is 3. The third-order valence-corrected chi connectivity index (χ3v) is 5.35. The predicted molar refractivity (Wildman–Crippen MR) is 148 cm³/mol. The number of aromatic nitrogens is 4. The molecule has 5 rings (SSSR count). The lowest BCUT2D eigenvalue weighted by Crippen LogP contribution is -2.17. The number of carbonyl (C=O) groups excluding carboxylic acids is 2. The Morgan fingerprint density at radius 3 is 2.50 bits per heavy atom. The number of anilines is 3. The molecular formula is C27H25ClN6O4. The molecule has 0 bridgehead atoms. The first-order valence-electron chi connectivity index (χ1n) is 11.5. The number of carbonyl (C=O) groups is 2. The maximum Gasteiger partial charge on any atom is 0.250 e. The van der Waals surface area contributed by atoms with Gasteiger partial charge in [0.15, 0.2) is 5.82 Å². The van der Waals surface area contributed by atoms with Crippen LogP contribution in [0, 0.1) is 0 Å². The van der Waals surface area contributed by atoms with E-state index in [2.05, 4.69) is 25.6 Å². The zero-order chi connectivity index (χ0) is 26.9. The van der Waals surface area contributed by atoms with E-state index in [1.54, 1.807) is 6.20 Å². The van der Waals surface area contributed by atoms with Crippen molar-refractivity contribution in [2.45, 2.75) is 0 Å². The largest absolute Gasteiger partial charge is 0.376 e. The molecule has 2 aromatic heterocycles. The minimum Gasteiger partial charge on any atom is -0.376 e. The van der Waals surface area contributed by atoms with E-state index < -0.39 is 5.24 Å². The summed E-state index contributed by atoms with van der Waals surface area (Å²) in [7, 11) is 2.90. The molecule has 5 aromatic rings. The molecular weight excluding hydrogens is 508 g/mol. The molecule has 0 aliphatic carbocycles. The average Bonchev–Trinajstić information content (AvgIpc) is 3.37. The lowest BCUT2D eigenvalue weighted by atomic mass is 10.1. The summed E-state index contributed by atoms with van der Waals surface area (Å²) in [4.78, 5) is 31.1. The summed E-state index contributed by atoms with van der Waals surface area (Å²) in [6.45, 7) is -0.00661. The summed E-state index contributed by atoms with van der Waals surface area (Å²) in [5.74, 6) is 1.03. The predicted octanol–water partition coefficient (Wildman–Crippen LogP) is 4.90. The molecule has 0 aliphatic heterocycles. The minimum absolute atomic E-state index is 0.00154. The van der Waals surface area contributed by atoms with Gasteiger partial charge in [-0.2, -0.15) is 5.10 Å². The molecule has 10 nitrogen and oxygen atoms in total. The monoisotopic (exact) mass is 532 g/mol. The lowest BCUT2D eigenvalue weighted by molar-refractivity contribution is -0.119. The van der Waals surface area contributed by atoms with Crippen molar-refractivity contribution < 1.29 is 19.1 Å². The lowest BCUT2D eigenvalue weighted by Gasteiger charge is -2.12. The third kappa shape index (κ3) is 6.88. The second-order valence-electron chi connectivity index (χ2n) is 8.06. The molecule has 0 radical (unpaired) electrons. The Bertz CT molecular complexity index is 1570. The molecule has 0 atom stereocenters. The number of fused-ring (bicyclic) bond motifs is 2. The SMILES string of the molecule is COCC(=O)Cl.COCC(=O)Nc1cccc(-c2nc(Nc3ccc4[nH]ncc4c3)c3ccccc3n2)c1. The fourth-order valence-corrected chi connectivity index (χ4v) is 3.74. The first-order chi connectivity index (χ1) is 18.5. The molecule has 38 heavy (non-hydrogen) atoms. The first-order valence-corrected chi connectivity index (χ1v) is 11.9. The maximum absolute atomic E-state index is 11.9. The fourth-order valence-electron chi connectivity index (χ4n) is 3.64. The van der Waals surface area contributed by atoms with Crippen molar-refractivity contribution in [2.24, 2.45) is 0 Å². The molecule has 3 N–H and O–H groups in total. The van der Waals surface area contributed by atoms with Gasteiger partial charge in [0.1, 0.15) is 19.0 Å². The van der Waals surface area contributed by atoms with Gasteiger partial charge in [-0.3, -0.25) is 14.7 Å². The number of halogens is 1. The number of nitrogens with one attached hydrogen (secondary N) is 3. The summed E-state index contributed by atoms with van der Waals surface area (Å²) >= 11 is 4.81. The summed E-state index contributed by atoms with van der Waals surface area (Å²) < 4.78 is 9.20. The van der Waals surface area contributed by atoms with Gasteiger partial charge in [-0.15, -0.1) is 0 Å². The van der Waals surface area contributed by atoms with Gasteiger partial charge < -0.3 is 20.1 Å². The molecule has 0 fully saturated rings. The number of benzene rings is 3. The minimum atomic E-state index is -0.461. The second-order valence-corrected chi connectivity index (χ2v) is 8.48. The number of amides is 1. The molecule has 11 heteroatoms. The van der Waals surface area contributed by atoms with E-state index in [-0.39, 0.29) is 19.1 Å². The van der Waals surface area contributed by atoms with Crippen LogP contribution in [0.5, 0.6) is 0 Å². The molecule has 1 amide bonds. The van der Waals surface area contributed by atoms with Crippen LogP contribution in [0.1, 0.15) is 0 Å². The van der Waals surface area contributed by atoms with Gasteiger partial charge in [0.25, 0.3) is 0 Å². The fraction of sp³-hybridized carbons (Fsp3) is 0.148. The van der Waals surface area contributed by atoms with E-state index in [0.29, 0.717) is 17.3 Å². The number of rotatable bonds is 8. The highest BCUT2D eigenvalue weighted by molar-refractivity contribution is 6.63. The standard InChI is InChI=1S/C24H20N6O2.C3H5ClO2/c1-32-14-22(31)26-17-6-4-5-15(11-17)23-28-21-8-3-2-7-19(21)24(29-23)27-18-9-10-20-16(12-18)13-25-30-20;1-6-2-3(4)5/h2-13H,14H2,1H3,(H,25,30)(H,26,31)(H,27,28,29);2H2,1H3. The van der Waals surface area contributed by atoms with Crippen molar-refractivity contribution in [2.75, 3.05) is 38.1 Å². The number of H-pyrrole nitrogens is 1. The Balaban J connectivity index is 0.000000505. The normalized spacial score (nSPS) is 10.6. The molecule has 0 unspecified atom stereocenters. The second kappa shape index (κ2) is 12.7. The number of ether oxygens (including phenoxy) is 2. The van der Waals surface area contributed by atoms with Gasteiger partial charge in [-0.1, -0.05) is 24.3 Å². The molecule has 3 aromatic carbocycles. The molecule has 0 saturated carbocycles. The number of methoxy groups -OCH3 is 2. The van der Waals surface area contributed by atoms with Crippen LogP contribution in [0.15, 0.2) is 72.9 Å². The van der Waals surface area contributed by atoms with Gasteiger partial charge in [0, 0.05) is 41.9 Å². The highest BCUT2D eigenvalue weighted by atomic mass is 35.5. The van der Waals surface area contributed by atoms with Crippen molar-refractivity contribution >= 4 is 61.7 Å². The van der Waals surface area contributed by atoms with E-state index in [0.717, 1.165) is 33.1 Å². The van der Waals surface area contributed by atoms with Crippen molar-refractivity contribution in [3.8, 4) is 11.4 Å². The maximum atomic E-state index is 11.9. The first kappa shape index (κ1) is 26.7. The number of hydrogen-bond acceptors (Lipinski definition) is 8. The Morgan fingerprint density at radius 2 is 1.74 bits per heavy atom. The van der Waals surface area contributed by atoms with Crippen LogP contribution in [0.2, 0.25) is 0 Å². The summed E-state index contributed by atoms with van der Waals surface area (Å²) in [5.41, 5.74) is 4.13. The van der Waals surface area contributed by atoms with Crippen LogP contribution in [-0.2, 0) is 19.1 Å². The van der Waals surface area contributed by atoms with Gasteiger partial charge in [-0.05, 0) is 54.1 Å². The Morgan fingerprint density at radius 1 is 0.921 bits per heavy atom. The highest BCUT2D eigenvalue weighted by Gasteiger charge is 2.11. The van der Waals surface area contributed by atoms with Crippen molar-refractivity contribution in [1.29, 1.82) is 0 Å². The molecule has 0 saturated heterocycles. The van der Waals surface area contributed by atoms with E-state index in [9.17, 15) is 9.59 Å². The number of para-hydroxylation sites is 1. The average molecular weight is 533 g/mol. The van der Waals surface area contributed by atoms with Crippen molar-refractivity contribution in [3.05, 3.63) is 72.9 Å². The molecule has 194 valence electrons. The number of aromatic amines is 1. The van der Waals surface area contributed by atoms with E-state index in [1.165, 1.54) is 14.2 Å². The topological polar surface area (TPSA) is 131 Å². The van der Waals surface area contributed by atoms with Gasteiger partial charge >= 0.3 is 0 Å². The zero-order valence-corrected chi connectivity index (χ0v) is 21.5. The third-order valence-electron chi connectivity index (χ3n) is 5.24. The van der Waals surface area contributed by atoms with Crippen LogP contribution in [-0.4, -0.2) is 58.7 Å². The van der Waals surface area contributed by atoms with E-state index in [1.807, 2.05) is 66.7 Å². The van der Waals surface area contributed by atoms with E-state index in [4.69, 9.17) is 26.3 Å². The van der Waals surface area contributed by atoms with Crippen LogP contribution >= 0.6 is 11.6 Å². The van der Waals surface area contributed by atoms with Crippen LogP contribution in [0.4, 0.5) is 17.2 Å². The summed E-state index contributed by atoms with van der Waals surface area (Å²) in [6, 6.07) is 21.2. The highest BCUT2D eigenvalue weighted by Crippen LogP contribution is 2.29. The smallest absolute Gasteiger partial charge is 0.250 e. The van der Waals surface area contributed by atoms with Crippen LogP contribution in [0.25, 0.3) is 33.2 Å². The van der Waals surface area contributed by atoms with Gasteiger partial charge in [0.2, 0.25) is 11.1 Å². The zero-order valence-electron chi connectivity index (χ0n) is 20.7. The quantitative estimate of drug-likeness (QED) is 0.240. The number of nitrogens with zero attached hydrogens (tertiary/aromatic N) is 3. The molecule has 0 aliphatic rings. The van der Waals surface area contributed by atoms with Crippen LogP contribution in [0.3, 0.4) is 0 Å². The molecule has 0 spiro atoms. The summed E-state index contributed by atoms with van der Waals surface area (Å²) in [6.07, 6.45) is 1.79. The van der Waals surface area contributed by atoms with Crippen LogP contribution < -0.4 is 10.6 Å². The molecule has 2 heterocycles. The van der Waals surface area contributed by atoms with Crippen molar-refractivity contribution in [3.63, 3.8) is 0 Å². The van der Waals surface area contributed by atoms with Crippen molar-refractivity contribution in [1.82, 2.24) is 20.2 Å². The Hall–Kier alpha value is -4.38. The Labute approximate surface area is 223 Å². The summed E-state index contributed by atoms with van der Waals surface area (Å²) in [5, 5.41) is 14.7.